The van der Waals surface area contributed by atoms with E-state index in [0.29, 0.717) is 6.04 Å². The molecular formula is C18H25N3. The van der Waals surface area contributed by atoms with Gasteiger partial charge in [-0.3, -0.25) is 4.68 Å². The average Bonchev–Trinajstić information content (AvgIpc) is 3.00. The number of aryl methyl sites for hydroxylation is 2. The van der Waals surface area contributed by atoms with Crippen LogP contribution in [0.5, 0.6) is 0 Å². The molecule has 0 aliphatic heterocycles. The smallest absolute Gasteiger partial charge is 0.0756 e. The predicted octanol–water partition coefficient (Wildman–Crippen LogP) is 3.59. The van der Waals surface area contributed by atoms with E-state index in [0.717, 1.165) is 0 Å². The molecule has 2 aromatic rings. The van der Waals surface area contributed by atoms with Crippen LogP contribution in [0.1, 0.15) is 50.1 Å². The number of benzene rings is 1. The first kappa shape index (κ1) is 14.3. The molecule has 1 atom stereocenters. The zero-order valence-electron chi connectivity index (χ0n) is 13.7. The van der Waals surface area contributed by atoms with Crippen LogP contribution in [0.2, 0.25) is 0 Å². The van der Waals surface area contributed by atoms with Gasteiger partial charge in [-0.1, -0.05) is 39.0 Å². The minimum atomic E-state index is 0.0586. The Morgan fingerprint density at radius 2 is 2.05 bits per heavy atom. The Morgan fingerprint density at radius 1 is 1.29 bits per heavy atom. The summed E-state index contributed by atoms with van der Waals surface area (Å²) in [4.78, 5) is 0. The van der Waals surface area contributed by atoms with E-state index in [2.05, 4.69) is 55.6 Å². The maximum absolute atomic E-state index is 4.69. The van der Waals surface area contributed by atoms with Crippen molar-refractivity contribution in [3.63, 3.8) is 0 Å². The number of fused-ring (bicyclic) bond motifs is 1. The molecule has 0 spiro atoms. The van der Waals surface area contributed by atoms with E-state index in [1.807, 2.05) is 18.8 Å². The van der Waals surface area contributed by atoms with E-state index in [4.69, 9.17) is 0 Å². The number of rotatable bonds is 2. The minimum Gasteiger partial charge on any atom is -0.313 e. The molecule has 1 heterocycles. The lowest BCUT2D eigenvalue weighted by Crippen LogP contribution is -2.14. The molecule has 0 amide bonds. The molecule has 112 valence electrons. The molecule has 1 unspecified atom stereocenters. The third kappa shape index (κ3) is 2.51. The second kappa shape index (κ2) is 4.99. The topological polar surface area (TPSA) is 29.9 Å². The molecule has 1 N–H and O–H groups in total. The fourth-order valence-corrected chi connectivity index (χ4v) is 3.34. The Labute approximate surface area is 127 Å². The second-order valence-electron chi connectivity index (χ2n) is 7.11. The number of nitrogens with one attached hydrogen (secondary N) is 1. The molecule has 0 bridgehead atoms. The first-order valence-corrected chi connectivity index (χ1v) is 7.74. The van der Waals surface area contributed by atoms with Gasteiger partial charge in [-0.25, -0.2) is 0 Å². The molecule has 0 saturated carbocycles. The molecule has 0 fully saturated rings. The van der Waals surface area contributed by atoms with Gasteiger partial charge in [0.15, 0.2) is 0 Å². The summed E-state index contributed by atoms with van der Waals surface area (Å²) in [5.74, 6) is 0. The lowest BCUT2D eigenvalue weighted by atomic mass is 9.87. The quantitative estimate of drug-likeness (QED) is 0.913. The third-order valence-electron chi connectivity index (χ3n) is 4.42. The maximum Gasteiger partial charge on any atom is 0.0756 e. The number of aromatic nitrogens is 2. The van der Waals surface area contributed by atoms with Gasteiger partial charge in [0, 0.05) is 30.3 Å². The van der Waals surface area contributed by atoms with Crippen LogP contribution in [0.25, 0.3) is 11.1 Å². The van der Waals surface area contributed by atoms with Crippen LogP contribution in [0.15, 0.2) is 24.4 Å². The van der Waals surface area contributed by atoms with E-state index in [-0.39, 0.29) is 5.41 Å². The summed E-state index contributed by atoms with van der Waals surface area (Å²) in [7, 11) is 4.05. The van der Waals surface area contributed by atoms with E-state index < -0.39 is 0 Å². The molecular weight excluding hydrogens is 258 g/mol. The van der Waals surface area contributed by atoms with Crippen molar-refractivity contribution < 1.29 is 0 Å². The van der Waals surface area contributed by atoms with Crippen LogP contribution in [-0.4, -0.2) is 16.8 Å². The van der Waals surface area contributed by atoms with Gasteiger partial charge >= 0.3 is 0 Å². The van der Waals surface area contributed by atoms with Gasteiger partial charge in [-0.05, 0) is 36.6 Å². The monoisotopic (exact) mass is 283 g/mol. The summed E-state index contributed by atoms with van der Waals surface area (Å²) in [5.41, 5.74) is 6.73. The minimum absolute atomic E-state index is 0.0586. The number of hydrogen-bond acceptors (Lipinski definition) is 2. The molecule has 3 heteroatoms. The lowest BCUT2D eigenvalue weighted by Gasteiger charge is -2.18. The van der Waals surface area contributed by atoms with Crippen LogP contribution >= 0.6 is 0 Å². The third-order valence-corrected chi connectivity index (χ3v) is 4.42. The second-order valence-corrected chi connectivity index (χ2v) is 7.11. The predicted molar refractivity (Wildman–Crippen MR) is 87.5 cm³/mol. The molecule has 21 heavy (non-hydrogen) atoms. The average molecular weight is 283 g/mol. The molecule has 0 radical (unpaired) electrons. The highest BCUT2D eigenvalue weighted by Crippen LogP contribution is 2.37. The van der Waals surface area contributed by atoms with Crippen LogP contribution in [0, 0.1) is 0 Å². The van der Waals surface area contributed by atoms with Crippen molar-refractivity contribution in [2.45, 2.75) is 45.1 Å². The van der Waals surface area contributed by atoms with Crippen molar-refractivity contribution in [2.24, 2.45) is 7.05 Å². The maximum atomic E-state index is 4.69. The van der Waals surface area contributed by atoms with Crippen molar-refractivity contribution in [2.75, 3.05) is 7.05 Å². The van der Waals surface area contributed by atoms with Crippen molar-refractivity contribution in [3.8, 4) is 11.1 Å². The Hall–Kier alpha value is -1.61. The van der Waals surface area contributed by atoms with Crippen LogP contribution in [0.4, 0.5) is 0 Å². The molecule has 1 aliphatic rings. The van der Waals surface area contributed by atoms with E-state index in [1.54, 1.807) is 0 Å². The Bertz CT molecular complexity index is 662. The van der Waals surface area contributed by atoms with Crippen molar-refractivity contribution >= 4 is 0 Å². The van der Waals surface area contributed by atoms with Crippen LogP contribution in [-0.2, 0) is 18.9 Å². The summed E-state index contributed by atoms with van der Waals surface area (Å²) >= 11 is 0. The highest BCUT2D eigenvalue weighted by atomic mass is 15.3. The van der Waals surface area contributed by atoms with E-state index in [1.165, 1.54) is 40.8 Å². The van der Waals surface area contributed by atoms with Crippen molar-refractivity contribution in [3.05, 3.63) is 41.2 Å². The summed E-state index contributed by atoms with van der Waals surface area (Å²) in [6.45, 7) is 6.68. The van der Waals surface area contributed by atoms with Crippen molar-refractivity contribution in [1.82, 2.24) is 15.1 Å². The van der Waals surface area contributed by atoms with Gasteiger partial charge in [0.1, 0.15) is 0 Å². The Balaban J connectivity index is 2.07. The van der Waals surface area contributed by atoms with Gasteiger partial charge in [-0.15, -0.1) is 0 Å². The molecule has 1 aromatic heterocycles. The van der Waals surface area contributed by atoms with Gasteiger partial charge in [0.25, 0.3) is 0 Å². The van der Waals surface area contributed by atoms with Crippen LogP contribution < -0.4 is 5.32 Å². The SMILES string of the molecule is CNC1CCc2cc(-c3cn(C)nc3C(C)(C)C)ccc21. The lowest BCUT2D eigenvalue weighted by molar-refractivity contribution is 0.554. The fraction of sp³-hybridized carbons (Fsp3) is 0.500. The summed E-state index contributed by atoms with van der Waals surface area (Å²) in [5, 5.41) is 8.09. The molecule has 0 saturated heterocycles. The van der Waals surface area contributed by atoms with E-state index in [9.17, 15) is 0 Å². The van der Waals surface area contributed by atoms with Crippen LogP contribution in [0.3, 0.4) is 0 Å². The number of hydrogen-bond donors (Lipinski definition) is 1. The summed E-state index contributed by atoms with van der Waals surface area (Å²) < 4.78 is 1.93. The molecule has 3 nitrogen and oxygen atoms in total. The highest BCUT2D eigenvalue weighted by Gasteiger charge is 2.25. The van der Waals surface area contributed by atoms with Gasteiger partial charge in [0.05, 0.1) is 5.69 Å². The zero-order valence-corrected chi connectivity index (χ0v) is 13.7. The number of nitrogens with zero attached hydrogens (tertiary/aromatic N) is 2. The molecule has 3 rings (SSSR count). The summed E-state index contributed by atoms with van der Waals surface area (Å²) in [6.07, 6.45) is 4.51. The molecule has 1 aliphatic carbocycles. The zero-order chi connectivity index (χ0) is 15.2. The van der Waals surface area contributed by atoms with E-state index >= 15 is 0 Å². The van der Waals surface area contributed by atoms with Gasteiger partial charge in [-0.2, -0.15) is 5.10 Å². The first-order chi connectivity index (χ1) is 9.90. The van der Waals surface area contributed by atoms with Gasteiger partial charge < -0.3 is 5.32 Å². The first-order valence-electron chi connectivity index (χ1n) is 7.74. The normalized spacial score (nSPS) is 18.0. The largest absolute Gasteiger partial charge is 0.313 e. The van der Waals surface area contributed by atoms with Crippen molar-refractivity contribution in [1.29, 1.82) is 0 Å². The summed E-state index contributed by atoms with van der Waals surface area (Å²) in [6, 6.07) is 7.42. The fourth-order valence-electron chi connectivity index (χ4n) is 3.34. The Morgan fingerprint density at radius 3 is 2.71 bits per heavy atom. The Kier molecular flexibility index (Phi) is 3.40. The standard InChI is InChI=1S/C18H25N3/c1-18(2,3)17-15(11-21(5)20-17)13-6-8-14-12(10-13)7-9-16(14)19-4/h6,8,10-11,16,19H,7,9H2,1-5H3. The highest BCUT2D eigenvalue weighted by molar-refractivity contribution is 5.68. The van der Waals surface area contributed by atoms with Gasteiger partial charge in [0.2, 0.25) is 0 Å². The molecule has 1 aromatic carbocycles.